The van der Waals surface area contributed by atoms with Gasteiger partial charge < -0.3 is 20.1 Å². The maximum absolute atomic E-state index is 12.5. The molecule has 0 spiro atoms. The molecule has 5 nitrogen and oxygen atoms in total. The SMILES string of the molecule is Cc1cccc(OCCN(C)C(=O)C2(C)COCC2N)c1. The number of benzene rings is 1. The fraction of sp³-hybridized carbons (Fsp3) is 0.562. The maximum atomic E-state index is 12.5. The van der Waals surface area contributed by atoms with Crippen molar-refractivity contribution in [1.82, 2.24) is 4.90 Å². The number of nitrogens with two attached hydrogens (primary N) is 1. The molecule has 2 N–H and O–H groups in total. The predicted octanol–water partition coefficient (Wildman–Crippen LogP) is 1.20. The van der Waals surface area contributed by atoms with Gasteiger partial charge in [0.1, 0.15) is 12.4 Å². The van der Waals surface area contributed by atoms with Crippen molar-refractivity contribution in [1.29, 1.82) is 0 Å². The molecule has 2 rings (SSSR count). The van der Waals surface area contributed by atoms with Gasteiger partial charge in [-0.3, -0.25) is 4.79 Å². The van der Waals surface area contributed by atoms with E-state index in [1.54, 1.807) is 11.9 Å². The number of hydrogen-bond donors (Lipinski definition) is 1. The van der Waals surface area contributed by atoms with E-state index in [1.165, 1.54) is 0 Å². The van der Waals surface area contributed by atoms with Crippen LogP contribution in [-0.2, 0) is 9.53 Å². The zero-order valence-corrected chi connectivity index (χ0v) is 13.0. The molecule has 1 aliphatic rings. The molecule has 21 heavy (non-hydrogen) atoms. The molecule has 116 valence electrons. The van der Waals surface area contributed by atoms with E-state index in [1.807, 2.05) is 38.1 Å². The van der Waals surface area contributed by atoms with Crippen LogP contribution in [0.5, 0.6) is 5.75 Å². The maximum Gasteiger partial charge on any atom is 0.232 e. The molecule has 1 aromatic carbocycles. The summed E-state index contributed by atoms with van der Waals surface area (Å²) in [6.45, 7) is 5.69. The third kappa shape index (κ3) is 3.54. The van der Waals surface area contributed by atoms with Crippen molar-refractivity contribution < 1.29 is 14.3 Å². The van der Waals surface area contributed by atoms with Crippen LogP contribution in [0.2, 0.25) is 0 Å². The minimum Gasteiger partial charge on any atom is -0.492 e. The zero-order chi connectivity index (χ0) is 15.5. The van der Waals surface area contributed by atoms with Crippen LogP contribution in [0.3, 0.4) is 0 Å². The lowest BCUT2D eigenvalue weighted by atomic mass is 9.84. The minimum atomic E-state index is -0.627. The van der Waals surface area contributed by atoms with Crippen LogP contribution >= 0.6 is 0 Å². The predicted molar refractivity (Wildman–Crippen MR) is 81.2 cm³/mol. The number of ether oxygens (including phenoxy) is 2. The van der Waals surface area contributed by atoms with E-state index >= 15 is 0 Å². The Balaban J connectivity index is 1.84. The van der Waals surface area contributed by atoms with Gasteiger partial charge in [-0.15, -0.1) is 0 Å². The summed E-state index contributed by atoms with van der Waals surface area (Å²) in [5.41, 5.74) is 6.51. The third-order valence-corrected chi connectivity index (χ3v) is 4.04. The average Bonchev–Trinajstić information content (AvgIpc) is 2.79. The molecule has 1 saturated heterocycles. The van der Waals surface area contributed by atoms with Crippen molar-refractivity contribution in [3.05, 3.63) is 29.8 Å². The Kier molecular flexibility index (Phi) is 4.85. The molecule has 1 aromatic rings. The van der Waals surface area contributed by atoms with Crippen molar-refractivity contribution in [3.63, 3.8) is 0 Å². The Morgan fingerprint density at radius 1 is 1.57 bits per heavy atom. The van der Waals surface area contributed by atoms with Gasteiger partial charge >= 0.3 is 0 Å². The summed E-state index contributed by atoms with van der Waals surface area (Å²) in [7, 11) is 1.78. The Labute approximate surface area is 126 Å². The molecule has 5 heteroatoms. The first-order chi connectivity index (χ1) is 9.93. The Bertz CT molecular complexity index is 506. The fourth-order valence-corrected chi connectivity index (χ4v) is 2.45. The highest BCUT2D eigenvalue weighted by atomic mass is 16.5. The smallest absolute Gasteiger partial charge is 0.232 e. The second-order valence-corrected chi connectivity index (χ2v) is 5.93. The third-order valence-electron chi connectivity index (χ3n) is 4.04. The molecular weight excluding hydrogens is 268 g/mol. The largest absolute Gasteiger partial charge is 0.492 e. The summed E-state index contributed by atoms with van der Waals surface area (Å²) in [6, 6.07) is 7.62. The first kappa shape index (κ1) is 15.8. The summed E-state index contributed by atoms with van der Waals surface area (Å²) in [4.78, 5) is 14.2. The lowest BCUT2D eigenvalue weighted by Gasteiger charge is -2.30. The number of likely N-dealkylation sites (N-methyl/N-ethyl adjacent to an activating group) is 1. The van der Waals surface area contributed by atoms with Crippen molar-refractivity contribution in [2.45, 2.75) is 19.9 Å². The number of rotatable bonds is 5. The fourth-order valence-electron chi connectivity index (χ4n) is 2.45. The van der Waals surface area contributed by atoms with Crippen LogP contribution in [0.15, 0.2) is 24.3 Å². The van der Waals surface area contributed by atoms with Gasteiger partial charge in [0.25, 0.3) is 0 Å². The first-order valence-corrected chi connectivity index (χ1v) is 7.22. The van der Waals surface area contributed by atoms with Crippen LogP contribution in [0.25, 0.3) is 0 Å². The van der Waals surface area contributed by atoms with Crippen molar-refractivity contribution in [2.24, 2.45) is 11.1 Å². The lowest BCUT2D eigenvalue weighted by molar-refractivity contribution is -0.140. The van der Waals surface area contributed by atoms with Crippen molar-refractivity contribution in [3.8, 4) is 5.75 Å². The average molecular weight is 292 g/mol. The van der Waals surface area contributed by atoms with Gasteiger partial charge in [0.15, 0.2) is 0 Å². The zero-order valence-electron chi connectivity index (χ0n) is 13.0. The van der Waals surface area contributed by atoms with E-state index in [0.29, 0.717) is 26.4 Å². The van der Waals surface area contributed by atoms with Crippen molar-refractivity contribution in [2.75, 3.05) is 33.4 Å². The van der Waals surface area contributed by atoms with Crippen LogP contribution in [0, 0.1) is 12.3 Å². The highest BCUT2D eigenvalue weighted by molar-refractivity contribution is 5.83. The monoisotopic (exact) mass is 292 g/mol. The van der Waals surface area contributed by atoms with Crippen LogP contribution < -0.4 is 10.5 Å². The second kappa shape index (κ2) is 6.45. The van der Waals surface area contributed by atoms with E-state index < -0.39 is 5.41 Å². The van der Waals surface area contributed by atoms with Gasteiger partial charge in [0.2, 0.25) is 5.91 Å². The highest BCUT2D eigenvalue weighted by Crippen LogP contribution is 2.29. The van der Waals surface area contributed by atoms with Gasteiger partial charge in [-0.25, -0.2) is 0 Å². The number of amides is 1. The second-order valence-electron chi connectivity index (χ2n) is 5.93. The molecule has 1 aliphatic heterocycles. The van der Waals surface area contributed by atoms with Gasteiger partial charge in [0, 0.05) is 13.1 Å². The Morgan fingerprint density at radius 3 is 2.95 bits per heavy atom. The topological polar surface area (TPSA) is 64.8 Å². The summed E-state index contributed by atoms with van der Waals surface area (Å²) in [5.74, 6) is 0.836. The van der Waals surface area contributed by atoms with Gasteiger partial charge in [0.05, 0.1) is 25.2 Å². The van der Waals surface area contributed by atoms with Crippen LogP contribution in [0.1, 0.15) is 12.5 Å². The summed E-state index contributed by atoms with van der Waals surface area (Å²) < 4.78 is 11.0. The number of nitrogens with zero attached hydrogens (tertiary/aromatic N) is 1. The molecule has 1 heterocycles. The number of aryl methyl sites for hydroxylation is 1. The summed E-state index contributed by atoms with van der Waals surface area (Å²) >= 11 is 0. The summed E-state index contributed by atoms with van der Waals surface area (Å²) in [5, 5.41) is 0. The lowest BCUT2D eigenvalue weighted by Crippen LogP contribution is -2.51. The molecule has 0 aromatic heterocycles. The number of carbonyl (C=O) groups excluding carboxylic acids is 1. The number of hydrogen-bond acceptors (Lipinski definition) is 4. The van der Waals surface area contributed by atoms with Crippen molar-refractivity contribution >= 4 is 5.91 Å². The first-order valence-electron chi connectivity index (χ1n) is 7.22. The van der Waals surface area contributed by atoms with E-state index in [0.717, 1.165) is 11.3 Å². The molecule has 0 radical (unpaired) electrons. The van der Waals surface area contributed by atoms with Crippen LogP contribution in [0.4, 0.5) is 0 Å². The van der Waals surface area contributed by atoms with Gasteiger partial charge in [-0.05, 0) is 31.5 Å². The molecular formula is C16H24N2O3. The van der Waals surface area contributed by atoms with Gasteiger partial charge in [-0.1, -0.05) is 12.1 Å². The molecule has 0 aliphatic carbocycles. The number of carbonyl (C=O) groups is 1. The highest BCUT2D eigenvalue weighted by Gasteiger charge is 2.45. The van der Waals surface area contributed by atoms with E-state index in [-0.39, 0.29) is 11.9 Å². The summed E-state index contributed by atoms with van der Waals surface area (Å²) in [6.07, 6.45) is 0. The quantitative estimate of drug-likeness (QED) is 0.885. The molecule has 1 fully saturated rings. The molecule has 1 amide bonds. The Morgan fingerprint density at radius 2 is 2.33 bits per heavy atom. The normalized spacial score (nSPS) is 24.9. The standard InChI is InChI=1S/C16H24N2O3/c1-12-5-4-6-13(9-12)21-8-7-18(3)15(19)16(2)11-20-10-14(16)17/h4-6,9,14H,7-8,10-11,17H2,1-3H3. The molecule has 2 atom stereocenters. The van der Waals surface area contributed by atoms with E-state index in [2.05, 4.69) is 0 Å². The van der Waals surface area contributed by atoms with E-state index in [9.17, 15) is 4.79 Å². The molecule has 0 saturated carbocycles. The minimum absolute atomic E-state index is 0.0142. The molecule has 2 unspecified atom stereocenters. The van der Waals surface area contributed by atoms with Crippen LogP contribution in [-0.4, -0.2) is 50.3 Å². The Hall–Kier alpha value is -1.59. The molecule has 0 bridgehead atoms. The van der Waals surface area contributed by atoms with Gasteiger partial charge in [-0.2, -0.15) is 0 Å². The van der Waals surface area contributed by atoms with E-state index in [4.69, 9.17) is 15.2 Å².